The molecule has 0 radical (unpaired) electrons. The van der Waals surface area contributed by atoms with Gasteiger partial charge in [-0.2, -0.15) is 0 Å². The summed E-state index contributed by atoms with van der Waals surface area (Å²) in [5.41, 5.74) is 3.32. The van der Waals surface area contributed by atoms with E-state index in [4.69, 9.17) is 55.9 Å². The van der Waals surface area contributed by atoms with E-state index in [0.29, 0.717) is 38.2 Å². The normalized spacial score (nSPS) is 11.1. The summed E-state index contributed by atoms with van der Waals surface area (Å²) in [6, 6.07) is 14.5. The first kappa shape index (κ1) is 22.8. The molecule has 0 N–H and O–H groups in total. The molecule has 30 heavy (non-hydrogen) atoms. The Morgan fingerprint density at radius 1 is 0.867 bits per heavy atom. The van der Waals surface area contributed by atoms with Crippen LogP contribution < -0.4 is 9.47 Å². The van der Waals surface area contributed by atoms with Gasteiger partial charge in [0.15, 0.2) is 11.5 Å². The van der Waals surface area contributed by atoms with E-state index in [-0.39, 0.29) is 6.61 Å². The largest absolute Gasteiger partial charge is 0.490 e. The van der Waals surface area contributed by atoms with Gasteiger partial charge >= 0.3 is 0 Å². The standard InChI is InChI=1S/C23H19Cl4NO2/c1-3-29-22-9-15(12-28-18-7-4-14(2)19(25)11-18)8-21(27)23(22)30-13-16-5-6-17(24)10-20(16)26/h4-12H,3,13H2,1-2H3. The van der Waals surface area contributed by atoms with E-state index in [1.54, 1.807) is 24.4 Å². The average Bonchev–Trinajstić information content (AvgIpc) is 2.70. The van der Waals surface area contributed by atoms with Crippen molar-refractivity contribution in [3.05, 3.63) is 85.3 Å². The van der Waals surface area contributed by atoms with Gasteiger partial charge in [-0.05, 0) is 61.4 Å². The van der Waals surface area contributed by atoms with Crippen LogP contribution in [-0.2, 0) is 6.61 Å². The summed E-state index contributed by atoms with van der Waals surface area (Å²) >= 11 is 24.8. The van der Waals surface area contributed by atoms with E-state index in [0.717, 1.165) is 22.4 Å². The van der Waals surface area contributed by atoms with E-state index >= 15 is 0 Å². The highest BCUT2D eigenvalue weighted by Crippen LogP contribution is 2.37. The van der Waals surface area contributed by atoms with E-state index in [9.17, 15) is 0 Å². The quantitative estimate of drug-likeness (QED) is 0.317. The molecule has 0 aliphatic carbocycles. The second-order valence-corrected chi connectivity index (χ2v) is 8.14. The number of aryl methyl sites for hydroxylation is 1. The molecule has 3 aromatic rings. The Bertz CT molecular complexity index is 1080. The molecule has 0 spiro atoms. The third-order valence-corrected chi connectivity index (χ3v) is 5.51. The van der Waals surface area contributed by atoms with Crippen LogP contribution in [-0.4, -0.2) is 12.8 Å². The fraction of sp³-hybridized carbons (Fsp3) is 0.174. The average molecular weight is 483 g/mol. The summed E-state index contributed by atoms with van der Waals surface area (Å²) in [6.45, 7) is 4.52. The minimum Gasteiger partial charge on any atom is -0.490 e. The van der Waals surface area contributed by atoms with Gasteiger partial charge in [0.1, 0.15) is 6.61 Å². The zero-order valence-corrected chi connectivity index (χ0v) is 19.4. The lowest BCUT2D eigenvalue weighted by atomic mass is 10.2. The monoisotopic (exact) mass is 481 g/mol. The van der Waals surface area contributed by atoms with Gasteiger partial charge in [-0.25, -0.2) is 0 Å². The molecule has 0 amide bonds. The Morgan fingerprint density at radius 2 is 1.67 bits per heavy atom. The second-order valence-electron chi connectivity index (χ2n) is 6.48. The van der Waals surface area contributed by atoms with Gasteiger partial charge in [0.25, 0.3) is 0 Å². The summed E-state index contributed by atoms with van der Waals surface area (Å²) in [6.07, 6.45) is 1.70. The lowest BCUT2D eigenvalue weighted by molar-refractivity contribution is 0.269. The van der Waals surface area contributed by atoms with Gasteiger partial charge in [0.2, 0.25) is 0 Å². The third-order valence-electron chi connectivity index (χ3n) is 4.24. The van der Waals surface area contributed by atoms with Crippen molar-refractivity contribution in [2.45, 2.75) is 20.5 Å². The topological polar surface area (TPSA) is 30.8 Å². The van der Waals surface area contributed by atoms with Crippen molar-refractivity contribution >= 4 is 58.3 Å². The number of nitrogens with zero attached hydrogens (tertiary/aromatic N) is 1. The zero-order chi connectivity index (χ0) is 21.7. The summed E-state index contributed by atoms with van der Waals surface area (Å²) < 4.78 is 11.7. The van der Waals surface area contributed by atoms with Crippen molar-refractivity contribution in [3.8, 4) is 11.5 Å². The molecular weight excluding hydrogens is 464 g/mol. The van der Waals surface area contributed by atoms with E-state index in [2.05, 4.69) is 4.99 Å². The molecule has 0 saturated heterocycles. The molecule has 0 aliphatic heterocycles. The first-order valence-electron chi connectivity index (χ1n) is 9.20. The second kappa shape index (κ2) is 10.4. The Morgan fingerprint density at radius 3 is 2.37 bits per heavy atom. The fourth-order valence-corrected chi connectivity index (χ4v) is 3.58. The van der Waals surface area contributed by atoms with Crippen molar-refractivity contribution < 1.29 is 9.47 Å². The Labute approximate surface area is 196 Å². The molecular formula is C23H19Cl4NO2. The van der Waals surface area contributed by atoms with Crippen LogP contribution in [0.2, 0.25) is 20.1 Å². The molecule has 0 bridgehead atoms. The van der Waals surface area contributed by atoms with Gasteiger partial charge in [0, 0.05) is 26.8 Å². The number of ether oxygens (including phenoxy) is 2. The lowest BCUT2D eigenvalue weighted by Gasteiger charge is -2.15. The van der Waals surface area contributed by atoms with Crippen LogP contribution >= 0.6 is 46.4 Å². The zero-order valence-electron chi connectivity index (χ0n) is 16.4. The van der Waals surface area contributed by atoms with Gasteiger partial charge in [0.05, 0.1) is 17.3 Å². The SMILES string of the molecule is CCOc1cc(C=Nc2ccc(C)c(Cl)c2)cc(Cl)c1OCc1ccc(Cl)cc1Cl. The Hall–Kier alpha value is -1.91. The molecule has 0 aliphatic rings. The van der Waals surface area contributed by atoms with Crippen LogP contribution in [0.25, 0.3) is 0 Å². The fourth-order valence-electron chi connectivity index (χ4n) is 2.67. The van der Waals surface area contributed by atoms with Crippen molar-refractivity contribution in [1.82, 2.24) is 0 Å². The van der Waals surface area contributed by atoms with Gasteiger partial charge in [-0.1, -0.05) is 58.5 Å². The molecule has 156 valence electrons. The van der Waals surface area contributed by atoms with Gasteiger partial charge in [-0.3, -0.25) is 4.99 Å². The number of hydrogen-bond acceptors (Lipinski definition) is 3. The molecule has 0 atom stereocenters. The van der Waals surface area contributed by atoms with Crippen LogP contribution in [0.3, 0.4) is 0 Å². The highest BCUT2D eigenvalue weighted by Gasteiger charge is 2.13. The Kier molecular flexibility index (Phi) is 7.90. The van der Waals surface area contributed by atoms with Crippen molar-refractivity contribution in [2.75, 3.05) is 6.61 Å². The van der Waals surface area contributed by atoms with Crippen LogP contribution in [0.15, 0.2) is 53.5 Å². The van der Waals surface area contributed by atoms with Crippen LogP contribution in [0.5, 0.6) is 11.5 Å². The van der Waals surface area contributed by atoms with E-state index in [1.165, 1.54) is 0 Å². The summed E-state index contributed by atoms with van der Waals surface area (Å²) in [4.78, 5) is 4.47. The van der Waals surface area contributed by atoms with Crippen LogP contribution in [0.1, 0.15) is 23.6 Å². The molecule has 7 heteroatoms. The summed E-state index contributed by atoms with van der Waals surface area (Å²) in [5.74, 6) is 0.971. The highest BCUT2D eigenvalue weighted by molar-refractivity contribution is 6.35. The molecule has 3 aromatic carbocycles. The molecule has 0 fully saturated rings. The molecule has 0 aromatic heterocycles. The first-order valence-corrected chi connectivity index (χ1v) is 10.7. The number of hydrogen-bond donors (Lipinski definition) is 0. The predicted molar refractivity (Wildman–Crippen MR) is 127 cm³/mol. The number of benzene rings is 3. The van der Waals surface area contributed by atoms with Crippen LogP contribution in [0.4, 0.5) is 5.69 Å². The molecule has 0 heterocycles. The minimum absolute atomic E-state index is 0.227. The van der Waals surface area contributed by atoms with Crippen LogP contribution in [0, 0.1) is 6.92 Å². The number of aliphatic imine (C=N–C) groups is 1. The summed E-state index contributed by atoms with van der Waals surface area (Å²) in [7, 11) is 0. The Balaban J connectivity index is 1.84. The maximum atomic E-state index is 6.49. The summed E-state index contributed by atoms with van der Waals surface area (Å²) in [5, 5.41) is 2.17. The maximum absolute atomic E-state index is 6.49. The minimum atomic E-state index is 0.227. The predicted octanol–water partition coefficient (Wildman–Crippen LogP) is 8.34. The number of halogens is 4. The maximum Gasteiger partial charge on any atom is 0.180 e. The lowest BCUT2D eigenvalue weighted by Crippen LogP contribution is -2.02. The molecule has 3 nitrogen and oxygen atoms in total. The van der Waals surface area contributed by atoms with Gasteiger partial charge in [-0.15, -0.1) is 0 Å². The van der Waals surface area contributed by atoms with Crippen molar-refractivity contribution in [3.63, 3.8) is 0 Å². The van der Waals surface area contributed by atoms with Crippen molar-refractivity contribution in [2.24, 2.45) is 4.99 Å². The van der Waals surface area contributed by atoms with Crippen molar-refractivity contribution in [1.29, 1.82) is 0 Å². The number of rotatable bonds is 7. The smallest absolute Gasteiger partial charge is 0.180 e. The third kappa shape index (κ3) is 5.83. The van der Waals surface area contributed by atoms with E-state index < -0.39 is 0 Å². The van der Waals surface area contributed by atoms with E-state index in [1.807, 2.05) is 44.2 Å². The molecule has 0 unspecified atom stereocenters. The highest BCUT2D eigenvalue weighted by atomic mass is 35.5. The first-order chi connectivity index (χ1) is 14.4. The van der Waals surface area contributed by atoms with Gasteiger partial charge < -0.3 is 9.47 Å². The molecule has 0 saturated carbocycles. The molecule has 3 rings (SSSR count).